The number of hydrogen-bond acceptors (Lipinski definition) is 5. The highest BCUT2D eigenvalue weighted by molar-refractivity contribution is 7.89. The molecule has 2 saturated heterocycles. The molecule has 1 unspecified atom stereocenters. The van der Waals surface area contributed by atoms with Crippen molar-refractivity contribution in [3.63, 3.8) is 0 Å². The number of nitrogens with one attached hydrogen (secondary N) is 1. The van der Waals surface area contributed by atoms with Crippen molar-refractivity contribution in [3.8, 4) is 5.75 Å². The number of piperidine rings is 1. The first-order valence-electron chi connectivity index (χ1n) is 12.4. The molecule has 2 aromatic carbocycles. The third-order valence-electron chi connectivity index (χ3n) is 7.11. The lowest BCUT2D eigenvalue weighted by Gasteiger charge is -2.32. The van der Waals surface area contributed by atoms with Crippen LogP contribution in [-0.2, 0) is 10.0 Å². The maximum Gasteiger partial charge on any atom is 0.257 e. The highest BCUT2D eigenvalue weighted by atomic mass is 32.2. The molecule has 5 rings (SSSR count). The second-order valence-electron chi connectivity index (χ2n) is 9.41. The van der Waals surface area contributed by atoms with E-state index in [-0.39, 0.29) is 22.3 Å². The van der Waals surface area contributed by atoms with Crippen LogP contribution >= 0.6 is 0 Å². The number of nitrogens with zero attached hydrogens (tertiary/aromatic N) is 3. The van der Waals surface area contributed by atoms with Gasteiger partial charge in [0.1, 0.15) is 11.6 Å². The molecule has 1 atom stereocenters. The van der Waals surface area contributed by atoms with Crippen molar-refractivity contribution in [2.45, 2.75) is 49.3 Å². The Labute approximate surface area is 206 Å². The molecule has 3 aromatic rings. The molecule has 0 saturated carbocycles. The maximum absolute atomic E-state index is 13.6. The van der Waals surface area contributed by atoms with Crippen molar-refractivity contribution in [2.75, 3.05) is 33.3 Å². The summed E-state index contributed by atoms with van der Waals surface area (Å²) in [7, 11) is -2.17. The molecule has 0 radical (unpaired) electrons. The van der Waals surface area contributed by atoms with E-state index in [9.17, 15) is 13.2 Å². The Bertz CT molecular complexity index is 1280. The Morgan fingerprint density at radius 1 is 1.03 bits per heavy atom. The van der Waals surface area contributed by atoms with Gasteiger partial charge in [0.15, 0.2) is 0 Å². The maximum atomic E-state index is 13.6. The number of carbonyl (C=O) groups excluding carboxylic acids is 1. The third-order valence-corrected chi connectivity index (χ3v) is 9.00. The number of amides is 1. The van der Waals surface area contributed by atoms with Gasteiger partial charge in [0.25, 0.3) is 5.91 Å². The second-order valence-corrected chi connectivity index (χ2v) is 11.3. The summed E-state index contributed by atoms with van der Waals surface area (Å²) < 4.78 is 33.7. The minimum atomic E-state index is -3.67. The number of imidazole rings is 1. The number of likely N-dealkylation sites (tertiary alicyclic amines) is 1. The Hall–Kier alpha value is -2.91. The first kappa shape index (κ1) is 23.8. The van der Waals surface area contributed by atoms with Crippen LogP contribution in [0, 0.1) is 0 Å². The second kappa shape index (κ2) is 9.99. The van der Waals surface area contributed by atoms with E-state index in [4.69, 9.17) is 9.72 Å². The number of H-pyrrole nitrogens is 1. The molecule has 2 aliphatic rings. The number of carbonyl (C=O) groups is 1. The van der Waals surface area contributed by atoms with Gasteiger partial charge in [0.05, 0.1) is 28.6 Å². The van der Waals surface area contributed by atoms with Gasteiger partial charge in [-0.15, -0.1) is 0 Å². The number of ether oxygens (including phenoxy) is 1. The molecule has 0 bridgehead atoms. The molecule has 2 aliphatic heterocycles. The van der Waals surface area contributed by atoms with Crippen LogP contribution in [0.4, 0.5) is 0 Å². The molecular weight excluding hydrogens is 464 g/mol. The summed E-state index contributed by atoms with van der Waals surface area (Å²) in [6.45, 7) is 2.17. The fourth-order valence-electron chi connectivity index (χ4n) is 5.17. The van der Waals surface area contributed by atoms with E-state index in [2.05, 4.69) is 4.98 Å². The molecule has 0 aliphatic carbocycles. The number of methoxy groups -OCH3 is 1. The molecule has 35 heavy (non-hydrogen) atoms. The number of hydrogen-bond donors (Lipinski definition) is 1. The van der Waals surface area contributed by atoms with Gasteiger partial charge in [-0.05, 0) is 56.0 Å². The minimum Gasteiger partial charge on any atom is -0.496 e. The molecule has 8 nitrogen and oxygen atoms in total. The number of benzene rings is 2. The molecule has 1 amide bonds. The Morgan fingerprint density at radius 2 is 1.80 bits per heavy atom. The Kier molecular flexibility index (Phi) is 6.80. The van der Waals surface area contributed by atoms with E-state index in [0.29, 0.717) is 31.9 Å². The van der Waals surface area contributed by atoms with E-state index in [1.165, 1.54) is 13.2 Å². The van der Waals surface area contributed by atoms with Gasteiger partial charge in [0.2, 0.25) is 10.0 Å². The monoisotopic (exact) mass is 496 g/mol. The van der Waals surface area contributed by atoms with Crippen molar-refractivity contribution in [2.24, 2.45) is 0 Å². The summed E-state index contributed by atoms with van der Waals surface area (Å²) >= 11 is 0. The number of sulfonamides is 1. The smallest absolute Gasteiger partial charge is 0.257 e. The highest BCUT2D eigenvalue weighted by Gasteiger charge is 2.31. The summed E-state index contributed by atoms with van der Waals surface area (Å²) in [6, 6.07) is 12.5. The lowest BCUT2D eigenvalue weighted by Crippen LogP contribution is -2.39. The Morgan fingerprint density at radius 3 is 2.54 bits per heavy atom. The third kappa shape index (κ3) is 4.79. The predicted octanol–water partition coefficient (Wildman–Crippen LogP) is 4.16. The van der Waals surface area contributed by atoms with Crippen molar-refractivity contribution in [1.29, 1.82) is 0 Å². The summed E-state index contributed by atoms with van der Waals surface area (Å²) in [5.41, 5.74) is 2.19. The van der Waals surface area contributed by atoms with Crippen LogP contribution in [0.15, 0.2) is 47.4 Å². The summed E-state index contributed by atoms with van der Waals surface area (Å²) in [5, 5.41) is 0. The Balaban J connectivity index is 1.40. The van der Waals surface area contributed by atoms with Gasteiger partial charge in [-0.1, -0.05) is 25.0 Å². The van der Waals surface area contributed by atoms with Gasteiger partial charge in [0, 0.05) is 32.1 Å². The first-order chi connectivity index (χ1) is 17.0. The van der Waals surface area contributed by atoms with Crippen molar-refractivity contribution in [3.05, 3.63) is 53.9 Å². The molecule has 2 fully saturated rings. The first-order valence-corrected chi connectivity index (χ1v) is 13.8. The van der Waals surface area contributed by atoms with E-state index in [0.717, 1.165) is 55.4 Å². The van der Waals surface area contributed by atoms with Crippen LogP contribution in [0.3, 0.4) is 0 Å². The van der Waals surface area contributed by atoms with E-state index in [1.54, 1.807) is 21.3 Å². The van der Waals surface area contributed by atoms with Crippen molar-refractivity contribution in [1.82, 2.24) is 19.2 Å². The van der Waals surface area contributed by atoms with Crippen LogP contribution < -0.4 is 4.74 Å². The van der Waals surface area contributed by atoms with Crippen LogP contribution in [-0.4, -0.2) is 66.8 Å². The summed E-state index contributed by atoms with van der Waals surface area (Å²) in [4.78, 5) is 23.7. The minimum absolute atomic E-state index is 0.0927. The zero-order valence-corrected chi connectivity index (χ0v) is 20.9. The van der Waals surface area contributed by atoms with E-state index in [1.807, 2.05) is 24.3 Å². The van der Waals surface area contributed by atoms with Gasteiger partial charge in [-0.2, -0.15) is 4.31 Å². The quantitative estimate of drug-likeness (QED) is 0.572. The number of para-hydroxylation sites is 2. The van der Waals surface area contributed by atoms with Crippen LogP contribution in [0.2, 0.25) is 0 Å². The van der Waals surface area contributed by atoms with Gasteiger partial charge in [-0.3, -0.25) is 4.79 Å². The molecular formula is C26H32N4O4S. The van der Waals surface area contributed by atoms with E-state index >= 15 is 0 Å². The zero-order chi connectivity index (χ0) is 24.4. The van der Waals surface area contributed by atoms with E-state index < -0.39 is 10.0 Å². The molecule has 0 spiro atoms. The topological polar surface area (TPSA) is 95.6 Å². The zero-order valence-electron chi connectivity index (χ0n) is 20.1. The lowest BCUT2D eigenvalue weighted by atomic mass is 9.96. The predicted molar refractivity (Wildman–Crippen MR) is 134 cm³/mol. The average molecular weight is 497 g/mol. The van der Waals surface area contributed by atoms with Crippen molar-refractivity contribution < 1.29 is 17.9 Å². The largest absolute Gasteiger partial charge is 0.496 e. The molecule has 1 N–H and O–H groups in total. The van der Waals surface area contributed by atoms with Crippen molar-refractivity contribution >= 4 is 27.0 Å². The lowest BCUT2D eigenvalue weighted by molar-refractivity contribution is 0.0701. The number of rotatable bonds is 5. The average Bonchev–Trinajstić information content (AvgIpc) is 3.13. The molecule has 186 valence electrons. The molecule has 3 heterocycles. The van der Waals surface area contributed by atoms with Gasteiger partial charge in [-0.25, -0.2) is 13.4 Å². The fourth-order valence-corrected chi connectivity index (χ4v) is 6.71. The summed E-state index contributed by atoms with van der Waals surface area (Å²) in [6.07, 6.45) is 5.58. The fraction of sp³-hybridized carbons (Fsp3) is 0.462. The standard InChI is InChI=1S/C26H32N4O4S/c1-34-24-13-12-20(35(32,33)30-15-6-2-3-7-16-30)17-21(24)26(31)29-14-8-9-19(18-29)25-27-22-10-4-5-11-23(22)28-25/h4-5,10-13,17,19H,2-3,6-9,14-16,18H2,1H3,(H,27,28). The summed E-state index contributed by atoms with van der Waals surface area (Å²) in [5.74, 6) is 1.15. The number of aromatic nitrogens is 2. The van der Waals surface area contributed by atoms with Crippen LogP contribution in [0.5, 0.6) is 5.75 Å². The number of aromatic amines is 1. The van der Waals surface area contributed by atoms with Crippen LogP contribution in [0.25, 0.3) is 11.0 Å². The van der Waals surface area contributed by atoms with Gasteiger partial charge >= 0.3 is 0 Å². The number of fused-ring (bicyclic) bond motifs is 1. The molecule has 9 heteroatoms. The van der Waals surface area contributed by atoms with Crippen LogP contribution in [0.1, 0.15) is 60.6 Å². The molecule has 1 aromatic heterocycles. The normalized spacial score (nSPS) is 20.0. The van der Waals surface area contributed by atoms with Gasteiger partial charge < -0.3 is 14.6 Å². The SMILES string of the molecule is COc1ccc(S(=O)(=O)N2CCCCCC2)cc1C(=O)N1CCCC(c2nc3ccccc3[nH]2)C1. The highest BCUT2D eigenvalue weighted by Crippen LogP contribution is 2.31.